The summed E-state index contributed by atoms with van der Waals surface area (Å²) in [7, 11) is -3.31. The highest BCUT2D eigenvalue weighted by molar-refractivity contribution is 7.89. The van der Waals surface area contributed by atoms with Crippen LogP contribution in [0.1, 0.15) is 13.8 Å². The van der Waals surface area contributed by atoms with Crippen LogP contribution in [0.5, 0.6) is 0 Å². The van der Waals surface area contributed by atoms with Crippen molar-refractivity contribution in [2.24, 2.45) is 0 Å². The van der Waals surface area contributed by atoms with Crippen LogP contribution in [0.2, 0.25) is 0 Å². The maximum atomic E-state index is 10.9. The van der Waals surface area contributed by atoms with Crippen LogP contribution in [0.25, 0.3) is 0 Å². The second-order valence-corrected chi connectivity index (χ2v) is 3.84. The molecule has 0 amide bonds. The summed E-state index contributed by atoms with van der Waals surface area (Å²) in [6, 6.07) is 0. The molecule has 0 unspecified atom stereocenters. The zero-order valence-corrected chi connectivity index (χ0v) is 8.19. The van der Waals surface area contributed by atoms with E-state index in [-0.39, 0.29) is 12.4 Å². The molecule has 0 rings (SSSR count). The summed E-state index contributed by atoms with van der Waals surface area (Å²) >= 11 is 0. The SMILES string of the molecule is CCOCCS(=O)(=O)NOCC. The van der Waals surface area contributed by atoms with E-state index in [0.717, 1.165) is 0 Å². The molecule has 0 aliphatic carbocycles. The molecule has 0 spiro atoms. The molecule has 0 aliphatic rings. The molecule has 0 saturated carbocycles. The van der Waals surface area contributed by atoms with Gasteiger partial charge in [-0.25, -0.2) is 8.42 Å². The zero-order chi connectivity index (χ0) is 9.45. The van der Waals surface area contributed by atoms with Crippen LogP contribution >= 0.6 is 0 Å². The Morgan fingerprint density at radius 1 is 1.25 bits per heavy atom. The summed E-state index contributed by atoms with van der Waals surface area (Å²) in [6.07, 6.45) is 0. The highest BCUT2D eigenvalue weighted by atomic mass is 32.2. The largest absolute Gasteiger partial charge is 0.381 e. The van der Waals surface area contributed by atoms with E-state index in [1.54, 1.807) is 6.92 Å². The van der Waals surface area contributed by atoms with Gasteiger partial charge in [0, 0.05) is 6.61 Å². The molecule has 0 bridgehead atoms. The van der Waals surface area contributed by atoms with Gasteiger partial charge < -0.3 is 4.74 Å². The van der Waals surface area contributed by atoms with Crippen molar-refractivity contribution in [2.45, 2.75) is 13.8 Å². The molecule has 1 N–H and O–H groups in total. The monoisotopic (exact) mass is 197 g/mol. The number of ether oxygens (including phenoxy) is 1. The fourth-order valence-electron chi connectivity index (χ4n) is 0.503. The van der Waals surface area contributed by atoms with Crippen molar-refractivity contribution < 1.29 is 18.0 Å². The highest BCUT2D eigenvalue weighted by Gasteiger charge is 2.08. The molecule has 5 nitrogen and oxygen atoms in total. The number of hydrogen-bond donors (Lipinski definition) is 1. The van der Waals surface area contributed by atoms with Crippen molar-refractivity contribution in [3.8, 4) is 0 Å². The lowest BCUT2D eigenvalue weighted by atomic mass is 10.8. The van der Waals surface area contributed by atoms with Crippen molar-refractivity contribution in [3.05, 3.63) is 0 Å². The minimum absolute atomic E-state index is 0.0686. The Bertz CT molecular complexity index is 190. The summed E-state index contributed by atoms with van der Waals surface area (Å²) < 4.78 is 26.8. The third-order valence-electron chi connectivity index (χ3n) is 1.03. The van der Waals surface area contributed by atoms with Gasteiger partial charge in [-0.1, -0.05) is 4.89 Å². The lowest BCUT2D eigenvalue weighted by Crippen LogP contribution is -2.28. The van der Waals surface area contributed by atoms with Gasteiger partial charge in [0.25, 0.3) is 0 Å². The first-order valence-electron chi connectivity index (χ1n) is 3.81. The van der Waals surface area contributed by atoms with Crippen molar-refractivity contribution in [2.75, 3.05) is 25.6 Å². The van der Waals surface area contributed by atoms with E-state index in [2.05, 4.69) is 4.84 Å². The van der Waals surface area contributed by atoms with Crippen LogP contribution in [0.3, 0.4) is 0 Å². The molecule has 0 heterocycles. The molecule has 0 radical (unpaired) electrons. The third kappa shape index (κ3) is 6.53. The van der Waals surface area contributed by atoms with Gasteiger partial charge in [0.05, 0.1) is 19.0 Å². The van der Waals surface area contributed by atoms with Gasteiger partial charge in [-0.3, -0.25) is 4.84 Å². The molecule has 0 saturated heterocycles. The lowest BCUT2D eigenvalue weighted by Gasteiger charge is -2.04. The average Bonchev–Trinajstić information content (AvgIpc) is 2.01. The van der Waals surface area contributed by atoms with Crippen LogP contribution in [0.4, 0.5) is 0 Å². The van der Waals surface area contributed by atoms with E-state index in [0.29, 0.717) is 13.2 Å². The molecular formula is C6H15NO4S. The van der Waals surface area contributed by atoms with Gasteiger partial charge in [0.15, 0.2) is 0 Å². The van der Waals surface area contributed by atoms with Crippen LogP contribution in [-0.4, -0.2) is 34.0 Å². The molecule has 12 heavy (non-hydrogen) atoms. The molecule has 0 aliphatic heterocycles. The van der Waals surface area contributed by atoms with E-state index in [1.165, 1.54) is 0 Å². The molecule has 0 fully saturated rings. The number of rotatable bonds is 7. The second kappa shape index (κ2) is 6.36. The molecule has 0 aromatic carbocycles. The Kier molecular flexibility index (Phi) is 6.27. The Hall–Kier alpha value is -0.170. The second-order valence-electron chi connectivity index (χ2n) is 2.03. The van der Waals surface area contributed by atoms with Crippen molar-refractivity contribution >= 4 is 10.0 Å². The minimum atomic E-state index is -3.31. The average molecular weight is 197 g/mol. The van der Waals surface area contributed by atoms with Gasteiger partial charge in [-0.05, 0) is 13.8 Å². The summed E-state index contributed by atoms with van der Waals surface area (Å²) in [4.78, 5) is 6.50. The number of hydrogen-bond acceptors (Lipinski definition) is 4. The molecule has 0 atom stereocenters. The first-order chi connectivity index (χ1) is 5.62. The highest BCUT2D eigenvalue weighted by Crippen LogP contribution is 1.85. The maximum Gasteiger partial charge on any atom is 0.235 e. The summed E-state index contributed by atoms with van der Waals surface area (Å²) in [5, 5.41) is 0. The van der Waals surface area contributed by atoms with Crippen molar-refractivity contribution in [1.29, 1.82) is 0 Å². The van der Waals surface area contributed by atoms with E-state index in [4.69, 9.17) is 4.74 Å². The molecule has 74 valence electrons. The molecule has 0 aromatic heterocycles. The van der Waals surface area contributed by atoms with E-state index in [1.807, 2.05) is 11.8 Å². The first-order valence-corrected chi connectivity index (χ1v) is 5.46. The van der Waals surface area contributed by atoms with Gasteiger partial charge in [-0.2, -0.15) is 0 Å². The topological polar surface area (TPSA) is 64.6 Å². The number of nitrogens with one attached hydrogen (secondary N) is 1. The first kappa shape index (κ1) is 11.8. The molecule has 0 aromatic rings. The van der Waals surface area contributed by atoms with Crippen LogP contribution < -0.4 is 4.89 Å². The smallest absolute Gasteiger partial charge is 0.235 e. The summed E-state index contributed by atoms with van der Waals surface area (Å²) in [5.41, 5.74) is 0. The predicted molar refractivity (Wildman–Crippen MR) is 45.0 cm³/mol. The Labute approximate surface area is 73.1 Å². The summed E-state index contributed by atoms with van der Waals surface area (Å²) in [5.74, 6) is -0.0686. The minimum Gasteiger partial charge on any atom is -0.381 e. The lowest BCUT2D eigenvalue weighted by molar-refractivity contribution is 0.103. The quantitative estimate of drug-likeness (QED) is 0.457. The van der Waals surface area contributed by atoms with Gasteiger partial charge in [-0.15, -0.1) is 0 Å². The zero-order valence-electron chi connectivity index (χ0n) is 7.37. The van der Waals surface area contributed by atoms with E-state index < -0.39 is 10.0 Å². The van der Waals surface area contributed by atoms with Gasteiger partial charge >= 0.3 is 0 Å². The van der Waals surface area contributed by atoms with Crippen molar-refractivity contribution in [3.63, 3.8) is 0 Å². The standard InChI is InChI=1S/C6H15NO4S/c1-3-10-5-6-12(8,9)7-11-4-2/h7H,3-6H2,1-2H3. The van der Waals surface area contributed by atoms with Crippen LogP contribution in [0, 0.1) is 0 Å². The Morgan fingerprint density at radius 2 is 1.92 bits per heavy atom. The van der Waals surface area contributed by atoms with Crippen molar-refractivity contribution in [1.82, 2.24) is 4.89 Å². The molecular weight excluding hydrogens is 182 g/mol. The van der Waals surface area contributed by atoms with Gasteiger partial charge in [0.1, 0.15) is 0 Å². The fraction of sp³-hybridized carbons (Fsp3) is 1.00. The Balaban J connectivity index is 3.58. The van der Waals surface area contributed by atoms with Crippen LogP contribution in [-0.2, 0) is 19.6 Å². The van der Waals surface area contributed by atoms with Gasteiger partial charge in [0.2, 0.25) is 10.0 Å². The Morgan fingerprint density at radius 3 is 2.42 bits per heavy atom. The normalized spacial score (nSPS) is 11.8. The third-order valence-corrected chi connectivity index (χ3v) is 2.11. The van der Waals surface area contributed by atoms with Crippen LogP contribution in [0.15, 0.2) is 0 Å². The fourth-order valence-corrected chi connectivity index (χ4v) is 1.22. The number of sulfonamides is 1. The molecule has 6 heteroatoms. The van der Waals surface area contributed by atoms with E-state index >= 15 is 0 Å². The predicted octanol–water partition coefficient (Wildman–Crippen LogP) is -0.106. The van der Waals surface area contributed by atoms with E-state index in [9.17, 15) is 8.42 Å². The summed E-state index contributed by atoms with van der Waals surface area (Å²) in [6.45, 7) is 4.53. The maximum absolute atomic E-state index is 10.9.